The summed E-state index contributed by atoms with van der Waals surface area (Å²) >= 11 is 0. The maximum absolute atomic E-state index is 10.7. The summed E-state index contributed by atoms with van der Waals surface area (Å²) in [7, 11) is 0. The highest BCUT2D eigenvalue weighted by atomic mass is 16.6. The van der Waals surface area contributed by atoms with Crippen LogP contribution in [0, 0.1) is 20.2 Å². The Morgan fingerprint density at radius 3 is 1.67 bits per heavy atom. The van der Waals surface area contributed by atoms with E-state index in [-0.39, 0.29) is 11.4 Å². The third-order valence-corrected chi connectivity index (χ3v) is 1.70. The first-order valence-corrected chi connectivity index (χ1v) is 4.41. The summed E-state index contributed by atoms with van der Waals surface area (Å²) in [5.41, 5.74) is 0.0516. The predicted octanol–water partition coefficient (Wildman–Crippen LogP) is 1.30. The zero-order valence-corrected chi connectivity index (χ0v) is 8.65. The van der Waals surface area contributed by atoms with Gasteiger partial charge in [-0.3, -0.25) is 0 Å². The van der Waals surface area contributed by atoms with E-state index in [1.54, 1.807) is 0 Å². The number of carbonyl (C=O) groups excluding carboxylic acids is 2. The molecule has 0 unspecified atom stereocenters. The molecule has 10 heteroatoms. The molecule has 1 rings (SSSR count). The first-order chi connectivity index (χ1) is 8.40. The lowest BCUT2D eigenvalue weighted by Gasteiger charge is -1.99. The minimum atomic E-state index is -1.45. The van der Waals surface area contributed by atoms with E-state index in [9.17, 15) is 29.8 Å². The fourth-order valence-electron chi connectivity index (χ4n) is 1.01. The smallest absolute Gasteiger partial charge is 0.355 e. The van der Waals surface area contributed by atoms with Gasteiger partial charge >= 0.3 is 12.1 Å². The molecule has 2 N–H and O–H groups in total. The molecule has 0 saturated heterocycles. The van der Waals surface area contributed by atoms with Gasteiger partial charge in [-0.2, -0.15) is 9.59 Å². The van der Waals surface area contributed by atoms with Gasteiger partial charge in [0.05, 0.1) is 0 Å². The van der Waals surface area contributed by atoms with Gasteiger partial charge in [-0.25, -0.2) is 10.6 Å². The third-order valence-electron chi connectivity index (χ3n) is 1.70. The molecule has 0 saturated carbocycles. The second-order valence-corrected chi connectivity index (χ2v) is 2.96. The van der Waals surface area contributed by atoms with Crippen molar-refractivity contribution in [2.75, 3.05) is 10.6 Å². The number of nitro groups is 2. The molecule has 0 aromatic heterocycles. The number of amides is 4. The number of benzene rings is 1. The summed E-state index contributed by atoms with van der Waals surface area (Å²) in [5.74, 6) is 0. The van der Waals surface area contributed by atoms with Crippen LogP contribution in [0.4, 0.5) is 21.0 Å². The molecule has 94 valence electrons. The van der Waals surface area contributed by atoms with Crippen molar-refractivity contribution in [2.45, 2.75) is 0 Å². The van der Waals surface area contributed by atoms with Crippen LogP contribution in [-0.2, 0) is 0 Å². The van der Waals surface area contributed by atoms with Gasteiger partial charge in [0.15, 0.2) is 0 Å². The molecule has 1 aromatic rings. The summed E-state index contributed by atoms with van der Waals surface area (Å²) in [5, 5.41) is 24.0. The Balaban J connectivity index is 2.80. The number of hydrogen-bond donors (Lipinski definition) is 2. The predicted molar refractivity (Wildman–Crippen MR) is 58.5 cm³/mol. The molecule has 0 aliphatic rings. The Bertz CT molecular complexity index is 485. The van der Waals surface area contributed by atoms with E-state index in [2.05, 4.69) is 0 Å². The molecule has 4 amide bonds. The standard InChI is InChI=1S/C8H6N4O6/c13-7(11(15)16)9-5-2-1-3-6(4-5)10-8(14)12(17)18/h1-4H,(H,9,13)(H,10,14). The Morgan fingerprint density at radius 2 is 1.33 bits per heavy atom. The average molecular weight is 254 g/mol. The normalized spacial score (nSPS) is 9.33. The fraction of sp³-hybridized carbons (Fsp3) is 0. The molecule has 1 aromatic carbocycles. The van der Waals surface area contributed by atoms with E-state index in [1.807, 2.05) is 10.6 Å². The molecule has 10 nitrogen and oxygen atoms in total. The summed E-state index contributed by atoms with van der Waals surface area (Å²) in [6, 6.07) is 2.24. The van der Waals surface area contributed by atoms with E-state index in [4.69, 9.17) is 0 Å². The molecule has 0 atom stereocenters. The minimum absolute atomic E-state index is 0.0258. The number of nitrogens with zero attached hydrogens (tertiary/aromatic N) is 2. The third kappa shape index (κ3) is 3.52. The maximum Gasteiger partial charge on any atom is 0.537 e. The largest absolute Gasteiger partial charge is 0.537 e. The Morgan fingerprint density at radius 1 is 0.944 bits per heavy atom. The van der Waals surface area contributed by atoms with Crippen LogP contribution in [0.2, 0.25) is 0 Å². The summed E-state index contributed by atoms with van der Waals surface area (Å²) < 4.78 is 0. The molecular formula is C8H6N4O6. The van der Waals surface area contributed by atoms with E-state index in [0.717, 1.165) is 6.07 Å². The lowest BCUT2D eigenvalue weighted by atomic mass is 10.3. The van der Waals surface area contributed by atoms with E-state index in [0.29, 0.717) is 0 Å². The molecule has 0 heterocycles. The highest BCUT2D eigenvalue weighted by Crippen LogP contribution is 2.15. The van der Waals surface area contributed by atoms with Crippen LogP contribution in [0.15, 0.2) is 24.3 Å². The summed E-state index contributed by atoms with van der Waals surface area (Å²) in [6.07, 6.45) is 0. The molecule has 0 fully saturated rings. The molecule has 0 bridgehead atoms. The van der Waals surface area contributed by atoms with Gasteiger partial charge in [0.1, 0.15) is 11.4 Å². The first kappa shape index (κ1) is 13.0. The number of nitrogens with one attached hydrogen (secondary N) is 2. The number of hydrogen-bond acceptors (Lipinski definition) is 6. The van der Waals surface area contributed by atoms with Crippen molar-refractivity contribution in [3.63, 3.8) is 0 Å². The van der Waals surface area contributed by atoms with Gasteiger partial charge in [0.2, 0.25) is 0 Å². The highest BCUT2D eigenvalue weighted by molar-refractivity contribution is 5.87. The lowest BCUT2D eigenvalue weighted by Crippen LogP contribution is -2.20. The molecule has 0 aliphatic heterocycles. The van der Waals surface area contributed by atoms with Crippen molar-refractivity contribution in [1.29, 1.82) is 0 Å². The van der Waals surface area contributed by atoms with Crippen LogP contribution in [0.25, 0.3) is 0 Å². The van der Waals surface area contributed by atoms with Gasteiger partial charge in [-0.1, -0.05) is 6.07 Å². The number of carbonyl (C=O) groups is 2. The van der Waals surface area contributed by atoms with Crippen LogP contribution >= 0.6 is 0 Å². The number of anilines is 2. The lowest BCUT2D eigenvalue weighted by molar-refractivity contribution is -0.368. The molecule has 0 spiro atoms. The Kier molecular flexibility index (Phi) is 3.86. The van der Waals surface area contributed by atoms with Gasteiger partial charge in [-0.15, -0.1) is 0 Å². The zero-order valence-electron chi connectivity index (χ0n) is 8.65. The van der Waals surface area contributed by atoms with E-state index >= 15 is 0 Å². The Labute approximate surface area is 98.9 Å². The van der Waals surface area contributed by atoms with Crippen molar-refractivity contribution in [2.24, 2.45) is 0 Å². The molecule has 18 heavy (non-hydrogen) atoms. The summed E-state index contributed by atoms with van der Waals surface area (Å²) in [6.45, 7) is 0. The van der Waals surface area contributed by atoms with Gasteiger partial charge in [0.25, 0.3) is 0 Å². The van der Waals surface area contributed by atoms with Crippen molar-refractivity contribution in [3.8, 4) is 0 Å². The SMILES string of the molecule is O=C(Nc1cccc(NC(=O)[N+](=O)[O-])c1)[N+](=O)[O-]. The fourth-order valence-corrected chi connectivity index (χ4v) is 1.01. The van der Waals surface area contributed by atoms with Crippen LogP contribution in [-0.4, -0.2) is 21.9 Å². The quantitative estimate of drug-likeness (QED) is 0.600. The highest BCUT2D eigenvalue weighted by Gasteiger charge is 2.17. The molecule has 0 radical (unpaired) electrons. The zero-order chi connectivity index (χ0) is 13.7. The monoisotopic (exact) mass is 254 g/mol. The second kappa shape index (κ2) is 5.34. The first-order valence-electron chi connectivity index (χ1n) is 4.41. The van der Waals surface area contributed by atoms with E-state index in [1.165, 1.54) is 18.2 Å². The Hall–Kier alpha value is -3.04. The van der Waals surface area contributed by atoms with Gasteiger partial charge in [-0.05, 0) is 12.1 Å². The van der Waals surface area contributed by atoms with Crippen molar-refractivity contribution >= 4 is 23.4 Å². The topological polar surface area (TPSA) is 144 Å². The number of urea groups is 2. The second-order valence-electron chi connectivity index (χ2n) is 2.96. The molecule has 0 aliphatic carbocycles. The van der Waals surface area contributed by atoms with Gasteiger partial charge in [0, 0.05) is 15.9 Å². The minimum Gasteiger partial charge on any atom is -0.355 e. The van der Waals surface area contributed by atoms with Gasteiger partial charge < -0.3 is 20.2 Å². The van der Waals surface area contributed by atoms with Crippen molar-refractivity contribution in [3.05, 3.63) is 44.5 Å². The van der Waals surface area contributed by atoms with Crippen molar-refractivity contribution < 1.29 is 19.4 Å². The van der Waals surface area contributed by atoms with E-state index < -0.39 is 21.9 Å². The summed E-state index contributed by atoms with van der Waals surface area (Å²) in [4.78, 5) is 39.3. The maximum atomic E-state index is 10.7. The van der Waals surface area contributed by atoms with Crippen LogP contribution in [0.3, 0.4) is 0 Å². The average Bonchev–Trinajstić information content (AvgIpc) is 2.29. The van der Waals surface area contributed by atoms with Crippen LogP contribution in [0.5, 0.6) is 0 Å². The number of rotatable bonds is 2. The molecular weight excluding hydrogens is 248 g/mol. The van der Waals surface area contributed by atoms with Crippen molar-refractivity contribution in [1.82, 2.24) is 0 Å². The van der Waals surface area contributed by atoms with Crippen LogP contribution in [0.1, 0.15) is 0 Å². The van der Waals surface area contributed by atoms with Crippen LogP contribution < -0.4 is 10.6 Å².